The highest BCUT2D eigenvalue weighted by atomic mass is 35.5. The van der Waals surface area contributed by atoms with Crippen LogP contribution in [0.3, 0.4) is 0 Å². The van der Waals surface area contributed by atoms with Crippen molar-refractivity contribution in [2.24, 2.45) is 0 Å². The standard InChI is InChI=1S/C12H8ClNS/c13-7-1-3-9-10-6-8(14)2-4-11(10)15-12(9)5-7/h1-6H,14H2. The van der Waals surface area contributed by atoms with Crippen LogP contribution in [0.4, 0.5) is 5.69 Å². The molecule has 0 aliphatic heterocycles. The second-order valence-electron chi connectivity index (χ2n) is 3.50. The average Bonchev–Trinajstić information content (AvgIpc) is 2.54. The van der Waals surface area contributed by atoms with Gasteiger partial charge in [0.2, 0.25) is 0 Å². The van der Waals surface area contributed by atoms with Crippen molar-refractivity contribution >= 4 is 48.8 Å². The van der Waals surface area contributed by atoms with Gasteiger partial charge in [-0.2, -0.15) is 0 Å². The van der Waals surface area contributed by atoms with Crippen molar-refractivity contribution in [3.05, 3.63) is 41.4 Å². The van der Waals surface area contributed by atoms with Gasteiger partial charge >= 0.3 is 0 Å². The summed E-state index contributed by atoms with van der Waals surface area (Å²) in [5.74, 6) is 0. The maximum atomic E-state index is 5.96. The van der Waals surface area contributed by atoms with Gasteiger partial charge in [-0.05, 0) is 30.3 Å². The van der Waals surface area contributed by atoms with E-state index in [0.717, 1.165) is 10.7 Å². The molecule has 0 saturated carbocycles. The van der Waals surface area contributed by atoms with E-state index in [2.05, 4.69) is 12.1 Å². The first-order chi connectivity index (χ1) is 7.24. The summed E-state index contributed by atoms with van der Waals surface area (Å²) in [6, 6.07) is 12.0. The topological polar surface area (TPSA) is 26.0 Å². The second kappa shape index (κ2) is 3.12. The van der Waals surface area contributed by atoms with Gasteiger partial charge in [-0.25, -0.2) is 0 Å². The Morgan fingerprint density at radius 2 is 1.80 bits per heavy atom. The molecule has 1 heterocycles. The first-order valence-corrected chi connectivity index (χ1v) is 5.81. The third-order valence-corrected chi connectivity index (χ3v) is 3.83. The minimum absolute atomic E-state index is 0.780. The van der Waals surface area contributed by atoms with Crippen molar-refractivity contribution in [2.75, 3.05) is 5.73 Å². The van der Waals surface area contributed by atoms with Crippen LogP contribution in [0.25, 0.3) is 20.2 Å². The third-order valence-electron chi connectivity index (χ3n) is 2.46. The fourth-order valence-corrected chi connectivity index (χ4v) is 3.13. The van der Waals surface area contributed by atoms with E-state index in [4.69, 9.17) is 17.3 Å². The maximum Gasteiger partial charge on any atom is 0.0420 e. The largest absolute Gasteiger partial charge is 0.399 e. The number of hydrogen-bond acceptors (Lipinski definition) is 2. The van der Waals surface area contributed by atoms with Crippen molar-refractivity contribution in [1.29, 1.82) is 0 Å². The van der Waals surface area contributed by atoms with Crippen molar-refractivity contribution < 1.29 is 0 Å². The lowest BCUT2D eigenvalue weighted by molar-refractivity contribution is 1.79. The van der Waals surface area contributed by atoms with E-state index in [1.165, 1.54) is 20.2 Å². The SMILES string of the molecule is Nc1ccc2sc3cc(Cl)ccc3c2c1. The number of rotatable bonds is 0. The van der Waals surface area contributed by atoms with Crippen LogP contribution in [0.2, 0.25) is 5.02 Å². The summed E-state index contributed by atoms with van der Waals surface area (Å²) < 4.78 is 2.46. The molecule has 0 fully saturated rings. The molecule has 0 aliphatic carbocycles. The van der Waals surface area contributed by atoms with E-state index in [1.54, 1.807) is 11.3 Å². The summed E-state index contributed by atoms with van der Waals surface area (Å²) >= 11 is 7.70. The molecule has 0 spiro atoms. The molecule has 2 aromatic carbocycles. The fraction of sp³-hybridized carbons (Fsp3) is 0. The van der Waals surface area contributed by atoms with Gasteiger partial charge in [0.1, 0.15) is 0 Å². The molecule has 1 nitrogen and oxygen atoms in total. The predicted octanol–water partition coefficient (Wildman–Crippen LogP) is 4.29. The molecule has 0 atom stereocenters. The van der Waals surface area contributed by atoms with Crippen molar-refractivity contribution in [3.8, 4) is 0 Å². The Balaban J connectivity index is 2.53. The first kappa shape index (κ1) is 9.01. The molecule has 3 rings (SSSR count). The molecule has 0 bridgehead atoms. The van der Waals surface area contributed by atoms with Gasteiger partial charge in [-0.15, -0.1) is 11.3 Å². The summed E-state index contributed by atoms with van der Waals surface area (Å²) in [6.07, 6.45) is 0. The minimum atomic E-state index is 0.780. The molecular weight excluding hydrogens is 226 g/mol. The highest BCUT2D eigenvalue weighted by molar-refractivity contribution is 7.25. The number of anilines is 1. The zero-order valence-electron chi connectivity index (χ0n) is 7.83. The zero-order valence-corrected chi connectivity index (χ0v) is 9.40. The van der Waals surface area contributed by atoms with Crippen LogP contribution in [0.15, 0.2) is 36.4 Å². The molecule has 0 saturated heterocycles. The average molecular weight is 234 g/mol. The van der Waals surface area contributed by atoms with E-state index in [-0.39, 0.29) is 0 Å². The van der Waals surface area contributed by atoms with E-state index in [1.807, 2.05) is 24.3 Å². The molecule has 0 unspecified atom stereocenters. The van der Waals surface area contributed by atoms with Gasteiger partial charge in [0.05, 0.1) is 0 Å². The monoisotopic (exact) mass is 233 g/mol. The number of nitrogen functional groups attached to an aromatic ring is 1. The van der Waals surface area contributed by atoms with E-state index >= 15 is 0 Å². The normalized spacial score (nSPS) is 11.3. The quantitative estimate of drug-likeness (QED) is 0.576. The Labute approximate surface area is 96.1 Å². The number of thiophene rings is 1. The van der Waals surface area contributed by atoms with E-state index < -0.39 is 0 Å². The van der Waals surface area contributed by atoms with Gasteiger partial charge in [0.15, 0.2) is 0 Å². The van der Waals surface area contributed by atoms with Crippen LogP contribution in [-0.2, 0) is 0 Å². The minimum Gasteiger partial charge on any atom is -0.399 e. The van der Waals surface area contributed by atoms with Gasteiger partial charge in [-0.3, -0.25) is 0 Å². The van der Waals surface area contributed by atoms with Crippen LogP contribution < -0.4 is 5.73 Å². The van der Waals surface area contributed by atoms with Crippen LogP contribution in [0, 0.1) is 0 Å². The van der Waals surface area contributed by atoms with Crippen LogP contribution in [-0.4, -0.2) is 0 Å². The van der Waals surface area contributed by atoms with Crippen LogP contribution in [0.1, 0.15) is 0 Å². The Hall–Kier alpha value is -1.25. The van der Waals surface area contributed by atoms with Crippen molar-refractivity contribution in [1.82, 2.24) is 0 Å². The van der Waals surface area contributed by atoms with E-state index in [9.17, 15) is 0 Å². The lowest BCUT2D eigenvalue weighted by Gasteiger charge is -1.94. The molecule has 0 aliphatic rings. The molecule has 3 aromatic rings. The first-order valence-electron chi connectivity index (χ1n) is 4.61. The van der Waals surface area contributed by atoms with Crippen molar-refractivity contribution in [2.45, 2.75) is 0 Å². The Morgan fingerprint density at radius 3 is 2.67 bits per heavy atom. The molecule has 1 aromatic heterocycles. The molecule has 0 amide bonds. The fourth-order valence-electron chi connectivity index (χ4n) is 1.77. The Morgan fingerprint density at radius 1 is 0.933 bits per heavy atom. The summed E-state index contributed by atoms with van der Waals surface area (Å²) in [6.45, 7) is 0. The zero-order chi connectivity index (χ0) is 10.4. The molecule has 74 valence electrons. The number of fused-ring (bicyclic) bond motifs is 3. The van der Waals surface area contributed by atoms with Crippen LogP contribution >= 0.6 is 22.9 Å². The third kappa shape index (κ3) is 1.37. The van der Waals surface area contributed by atoms with Gasteiger partial charge in [-0.1, -0.05) is 17.7 Å². The summed E-state index contributed by atoms with van der Waals surface area (Å²) in [7, 11) is 0. The molecule has 3 heteroatoms. The highest BCUT2D eigenvalue weighted by Gasteiger charge is 2.05. The number of benzene rings is 2. The summed E-state index contributed by atoms with van der Waals surface area (Å²) in [5, 5.41) is 3.22. The van der Waals surface area contributed by atoms with Gasteiger partial charge < -0.3 is 5.73 Å². The second-order valence-corrected chi connectivity index (χ2v) is 5.02. The molecular formula is C12H8ClNS. The predicted molar refractivity (Wildman–Crippen MR) is 68.8 cm³/mol. The lowest BCUT2D eigenvalue weighted by Crippen LogP contribution is -1.81. The van der Waals surface area contributed by atoms with Crippen LogP contribution in [0.5, 0.6) is 0 Å². The highest BCUT2D eigenvalue weighted by Crippen LogP contribution is 2.35. The molecule has 2 N–H and O–H groups in total. The smallest absolute Gasteiger partial charge is 0.0420 e. The number of nitrogens with two attached hydrogens (primary N) is 1. The number of hydrogen-bond donors (Lipinski definition) is 1. The Kier molecular flexibility index (Phi) is 1.87. The number of halogens is 1. The molecule has 0 radical (unpaired) electrons. The van der Waals surface area contributed by atoms with Gasteiger partial charge in [0.25, 0.3) is 0 Å². The lowest BCUT2D eigenvalue weighted by atomic mass is 10.1. The van der Waals surface area contributed by atoms with E-state index in [0.29, 0.717) is 0 Å². The van der Waals surface area contributed by atoms with Gasteiger partial charge in [0, 0.05) is 30.9 Å². The summed E-state index contributed by atoms with van der Waals surface area (Å²) in [5.41, 5.74) is 6.59. The molecule has 15 heavy (non-hydrogen) atoms. The Bertz CT molecular complexity index is 657. The maximum absolute atomic E-state index is 5.96. The van der Waals surface area contributed by atoms with Crippen molar-refractivity contribution in [3.63, 3.8) is 0 Å². The summed E-state index contributed by atoms with van der Waals surface area (Å²) in [4.78, 5) is 0.